The molecule has 0 radical (unpaired) electrons. The number of ether oxygens (including phenoxy) is 1. The number of benzene rings is 1. The number of nitrogens with one attached hydrogen (secondary N) is 1. The van der Waals surface area contributed by atoms with Crippen molar-refractivity contribution in [1.82, 2.24) is 9.88 Å². The van der Waals surface area contributed by atoms with Crippen LogP contribution < -0.4 is 10.2 Å². The quantitative estimate of drug-likeness (QED) is 0.460. The van der Waals surface area contributed by atoms with Crippen LogP contribution >= 0.6 is 11.8 Å². The van der Waals surface area contributed by atoms with Gasteiger partial charge in [0.25, 0.3) is 5.91 Å². The molecule has 1 N–H and O–H groups in total. The standard InChI is InChI=1S/C21H21F3N4O4S/c1-12(2)32-19(30)26-17-10-14(8-9-25-17)11-27-13(3)18(29)28(20(27)31)15-4-6-16(7-5-15)33-21(22,23)24/h4-10,12-13H,11H2,1-3H3,(H,25,26,30). The first-order chi connectivity index (χ1) is 15.4. The van der Waals surface area contributed by atoms with Crippen molar-refractivity contribution >= 4 is 41.3 Å². The predicted octanol–water partition coefficient (Wildman–Crippen LogP) is 5.01. The van der Waals surface area contributed by atoms with Crippen LogP contribution in [0.15, 0.2) is 47.5 Å². The molecule has 33 heavy (non-hydrogen) atoms. The maximum atomic E-state index is 13.0. The Labute approximate surface area is 192 Å². The molecule has 0 saturated carbocycles. The minimum absolute atomic E-state index is 0.0527. The normalized spacial score (nSPS) is 16.5. The molecule has 1 unspecified atom stereocenters. The number of pyridine rings is 1. The number of amides is 4. The highest BCUT2D eigenvalue weighted by Crippen LogP contribution is 2.38. The summed E-state index contributed by atoms with van der Waals surface area (Å²) in [5.74, 6) is -0.275. The average Bonchev–Trinajstić information content (AvgIpc) is 2.90. The summed E-state index contributed by atoms with van der Waals surface area (Å²) >= 11 is -0.279. The second-order valence-corrected chi connectivity index (χ2v) is 8.57. The molecule has 1 saturated heterocycles. The molecule has 0 spiro atoms. The molecule has 176 valence electrons. The summed E-state index contributed by atoms with van der Waals surface area (Å²) in [5.41, 5.74) is -3.65. The van der Waals surface area contributed by atoms with Gasteiger partial charge in [-0.25, -0.2) is 19.5 Å². The zero-order chi connectivity index (χ0) is 24.3. The van der Waals surface area contributed by atoms with Crippen molar-refractivity contribution in [2.75, 3.05) is 10.2 Å². The van der Waals surface area contributed by atoms with Crippen LogP contribution in [0.3, 0.4) is 0 Å². The first-order valence-corrected chi connectivity index (χ1v) is 10.7. The maximum Gasteiger partial charge on any atom is 0.446 e. The first kappa shape index (κ1) is 24.4. The molecule has 0 aliphatic carbocycles. The van der Waals surface area contributed by atoms with Crippen LogP contribution in [0.1, 0.15) is 26.3 Å². The van der Waals surface area contributed by atoms with E-state index in [9.17, 15) is 27.6 Å². The number of nitrogens with zero attached hydrogens (tertiary/aromatic N) is 3. The van der Waals surface area contributed by atoms with Crippen molar-refractivity contribution in [3.63, 3.8) is 0 Å². The number of alkyl halides is 3. The molecule has 8 nitrogen and oxygen atoms in total. The zero-order valence-corrected chi connectivity index (χ0v) is 18.7. The summed E-state index contributed by atoms with van der Waals surface area (Å²) in [6, 6.07) is 6.81. The highest BCUT2D eigenvalue weighted by Gasteiger charge is 2.43. The Hall–Kier alpha value is -3.28. The van der Waals surface area contributed by atoms with E-state index >= 15 is 0 Å². The van der Waals surface area contributed by atoms with E-state index in [1.165, 1.54) is 35.4 Å². The number of anilines is 2. The number of imide groups is 1. The van der Waals surface area contributed by atoms with Crippen LogP contribution in [-0.4, -0.2) is 45.6 Å². The maximum absolute atomic E-state index is 13.0. The lowest BCUT2D eigenvalue weighted by Crippen LogP contribution is -2.33. The molecule has 1 aliphatic rings. The summed E-state index contributed by atoms with van der Waals surface area (Å²) in [6.45, 7) is 5.03. The Bertz CT molecular complexity index is 1050. The SMILES string of the molecule is CC(C)OC(=O)Nc1cc(CN2C(=O)N(c3ccc(SC(F)(F)F)cc3)C(=O)C2C)ccn1. The van der Waals surface area contributed by atoms with Gasteiger partial charge in [-0.3, -0.25) is 10.1 Å². The van der Waals surface area contributed by atoms with Gasteiger partial charge in [-0.1, -0.05) is 0 Å². The van der Waals surface area contributed by atoms with Crippen molar-refractivity contribution < 1.29 is 32.3 Å². The number of carbonyl (C=O) groups is 3. The summed E-state index contributed by atoms with van der Waals surface area (Å²) in [4.78, 5) is 43.7. The molecule has 3 rings (SSSR count). The second kappa shape index (κ2) is 9.69. The molecule has 0 bridgehead atoms. The smallest absolute Gasteiger partial charge is 0.446 e. The molecule has 1 aromatic heterocycles. The van der Waals surface area contributed by atoms with E-state index in [-0.39, 0.29) is 40.8 Å². The monoisotopic (exact) mass is 482 g/mol. The van der Waals surface area contributed by atoms with Crippen LogP contribution in [-0.2, 0) is 16.1 Å². The fourth-order valence-electron chi connectivity index (χ4n) is 3.13. The van der Waals surface area contributed by atoms with E-state index in [1.807, 2.05) is 0 Å². The van der Waals surface area contributed by atoms with Crippen LogP contribution in [0.4, 0.5) is 34.3 Å². The van der Waals surface area contributed by atoms with E-state index in [0.29, 0.717) is 5.56 Å². The van der Waals surface area contributed by atoms with Crippen molar-refractivity contribution in [3.8, 4) is 0 Å². The lowest BCUT2D eigenvalue weighted by Gasteiger charge is -2.20. The average molecular weight is 482 g/mol. The van der Waals surface area contributed by atoms with Gasteiger partial charge in [0.1, 0.15) is 11.9 Å². The minimum Gasteiger partial charge on any atom is -0.447 e. The molecular formula is C21H21F3N4O4S. The molecule has 12 heteroatoms. The molecule has 1 atom stereocenters. The molecule has 2 aromatic rings. The fourth-order valence-corrected chi connectivity index (χ4v) is 3.67. The number of thioether (sulfide) groups is 1. The van der Waals surface area contributed by atoms with E-state index < -0.39 is 29.6 Å². The third-order valence-electron chi connectivity index (χ3n) is 4.56. The second-order valence-electron chi connectivity index (χ2n) is 7.43. The summed E-state index contributed by atoms with van der Waals surface area (Å²) < 4.78 is 42.6. The third kappa shape index (κ3) is 6.15. The zero-order valence-electron chi connectivity index (χ0n) is 17.9. The largest absolute Gasteiger partial charge is 0.447 e. The number of aromatic nitrogens is 1. The number of rotatable bonds is 6. The van der Waals surface area contributed by atoms with Crippen molar-refractivity contribution in [3.05, 3.63) is 48.2 Å². The minimum atomic E-state index is -4.43. The van der Waals surface area contributed by atoms with Gasteiger partial charge < -0.3 is 9.64 Å². The van der Waals surface area contributed by atoms with Gasteiger partial charge >= 0.3 is 17.6 Å². The van der Waals surface area contributed by atoms with Crippen LogP contribution in [0.2, 0.25) is 0 Å². The van der Waals surface area contributed by atoms with E-state index in [0.717, 1.165) is 4.90 Å². The van der Waals surface area contributed by atoms with Crippen LogP contribution in [0.5, 0.6) is 0 Å². The molecule has 4 amide bonds. The van der Waals surface area contributed by atoms with Gasteiger partial charge in [0.2, 0.25) is 0 Å². The molecule has 1 aliphatic heterocycles. The van der Waals surface area contributed by atoms with Crippen LogP contribution in [0.25, 0.3) is 0 Å². The van der Waals surface area contributed by atoms with Gasteiger partial charge in [-0.15, -0.1) is 0 Å². The first-order valence-electron chi connectivity index (χ1n) is 9.87. The van der Waals surface area contributed by atoms with Gasteiger partial charge in [0.05, 0.1) is 11.8 Å². The Morgan fingerprint density at radius 2 is 1.88 bits per heavy atom. The van der Waals surface area contributed by atoms with Crippen molar-refractivity contribution in [2.45, 2.75) is 49.9 Å². The third-order valence-corrected chi connectivity index (χ3v) is 5.30. The number of carbonyl (C=O) groups excluding carboxylic acids is 3. The Balaban J connectivity index is 1.73. The Morgan fingerprint density at radius 1 is 1.21 bits per heavy atom. The Morgan fingerprint density at radius 3 is 2.48 bits per heavy atom. The number of urea groups is 1. The molecular weight excluding hydrogens is 461 g/mol. The summed E-state index contributed by atoms with van der Waals surface area (Å²) in [6.07, 6.45) is 0.463. The van der Waals surface area contributed by atoms with Crippen molar-refractivity contribution in [1.29, 1.82) is 0 Å². The van der Waals surface area contributed by atoms with Crippen LogP contribution in [0, 0.1) is 0 Å². The molecule has 1 aromatic carbocycles. The highest BCUT2D eigenvalue weighted by molar-refractivity contribution is 8.00. The van der Waals surface area contributed by atoms with Gasteiger partial charge in [0.15, 0.2) is 0 Å². The van der Waals surface area contributed by atoms with E-state index in [4.69, 9.17) is 4.74 Å². The highest BCUT2D eigenvalue weighted by atomic mass is 32.2. The van der Waals surface area contributed by atoms with E-state index in [2.05, 4.69) is 10.3 Å². The molecule has 2 heterocycles. The Kier molecular flexibility index (Phi) is 7.15. The summed E-state index contributed by atoms with van der Waals surface area (Å²) in [7, 11) is 0. The van der Waals surface area contributed by atoms with E-state index in [1.54, 1.807) is 32.9 Å². The topological polar surface area (TPSA) is 91.8 Å². The lowest BCUT2D eigenvalue weighted by molar-refractivity contribution is -0.119. The fraction of sp³-hybridized carbons (Fsp3) is 0.333. The number of hydrogen-bond acceptors (Lipinski definition) is 6. The summed E-state index contributed by atoms with van der Waals surface area (Å²) in [5, 5.41) is 2.49. The lowest BCUT2D eigenvalue weighted by atomic mass is 10.2. The number of halogens is 3. The van der Waals surface area contributed by atoms with Gasteiger partial charge in [-0.05, 0) is 74.5 Å². The number of hydrogen-bond donors (Lipinski definition) is 1. The predicted molar refractivity (Wildman–Crippen MR) is 116 cm³/mol. The van der Waals surface area contributed by atoms with Crippen molar-refractivity contribution in [2.24, 2.45) is 0 Å². The van der Waals surface area contributed by atoms with Gasteiger partial charge in [-0.2, -0.15) is 13.2 Å². The molecule has 1 fully saturated rings. The van der Waals surface area contributed by atoms with Gasteiger partial charge in [0, 0.05) is 17.6 Å².